The summed E-state index contributed by atoms with van der Waals surface area (Å²) in [6.45, 7) is -0.191. The summed E-state index contributed by atoms with van der Waals surface area (Å²) in [7, 11) is 0. The molecule has 0 spiro atoms. The average Bonchev–Trinajstić information content (AvgIpc) is 2.71. The minimum absolute atomic E-state index is 0.258. The third-order valence-corrected chi connectivity index (χ3v) is 4.62. The monoisotopic (exact) mass is 444 g/mol. The number of nitro groups is 1. The lowest BCUT2D eigenvalue weighted by atomic mass is 10.1. The molecule has 0 aliphatic carbocycles. The van der Waals surface area contributed by atoms with E-state index in [0.29, 0.717) is 23.9 Å². The second kappa shape index (κ2) is 8.74. The van der Waals surface area contributed by atoms with Gasteiger partial charge in [0.25, 0.3) is 11.6 Å². The number of hydrogen-bond donors (Lipinski definition) is 0. The van der Waals surface area contributed by atoms with Crippen molar-refractivity contribution in [2.45, 2.75) is 6.18 Å². The number of benzene rings is 1. The maximum atomic E-state index is 12.9. The molecule has 8 nitrogen and oxygen atoms in total. The summed E-state index contributed by atoms with van der Waals surface area (Å²) in [6.07, 6.45) is -3.07. The van der Waals surface area contributed by atoms with Gasteiger partial charge in [-0.25, -0.2) is 4.98 Å². The van der Waals surface area contributed by atoms with Gasteiger partial charge in [-0.05, 0) is 24.3 Å². The first-order valence-corrected chi connectivity index (χ1v) is 9.15. The first-order chi connectivity index (χ1) is 14.1. The second-order valence-corrected chi connectivity index (χ2v) is 6.89. The highest BCUT2D eigenvalue weighted by Gasteiger charge is 2.31. The lowest BCUT2D eigenvalue weighted by Crippen LogP contribution is -2.49. The van der Waals surface area contributed by atoms with Gasteiger partial charge in [0.2, 0.25) is 0 Å². The van der Waals surface area contributed by atoms with Crippen LogP contribution in [0.1, 0.15) is 10.4 Å². The first-order valence-electron chi connectivity index (χ1n) is 8.78. The Morgan fingerprint density at radius 1 is 1.20 bits per heavy atom. The van der Waals surface area contributed by atoms with E-state index in [1.165, 1.54) is 11.1 Å². The molecule has 1 fully saturated rings. The normalized spacial score (nSPS) is 14.5. The number of carbonyl (C=O) groups excluding carboxylic acids is 1. The molecule has 1 aliphatic heterocycles. The number of piperazine rings is 1. The molecule has 0 radical (unpaired) electrons. The van der Waals surface area contributed by atoms with E-state index in [2.05, 4.69) is 9.72 Å². The van der Waals surface area contributed by atoms with Crippen molar-refractivity contribution in [2.75, 3.05) is 37.7 Å². The topological polar surface area (TPSA) is 88.8 Å². The van der Waals surface area contributed by atoms with Gasteiger partial charge in [-0.1, -0.05) is 11.6 Å². The number of nitro benzene ring substituents is 1. The Hall–Kier alpha value is -3.08. The van der Waals surface area contributed by atoms with Crippen LogP contribution in [0.5, 0.6) is 5.75 Å². The van der Waals surface area contributed by atoms with Crippen molar-refractivity contribution in [3.05, 3.63) is 57.2 Å². The number of ether oxygens (including phenoxy) is 1. The molecule has 3 rings (SSSR count). The molecule has 0 bridgehead atoms. The number of rotatable bonds is 5. The summed E-state index contributed by atoms with van der Waals surface area (Å²) < 4.78 is 41.7. The zero-order valence-corrected chi connectivity index (χ0v) is 16.2. The molecule has 2 aromatic rings. The van der Waals surface area contributed by atoms with Crippen LogP contribution in [-0.2, 0) is 0 Å². The third-order valence-electron chi connectivity index (χ3n) is 4.40. The van der Waals surface area contributed by atoms with Gasteiger partial charge < -0.3 is 14.5 Å². The number of carbonyl (C=O) groups is 1. The van der Waals surface area contributed by atoms with Gasteiger partial charge in [0.05, 0.1) is 9.95 Å². The second-order valence-electron chi connectivity index (χ2n) is 6.45. The highest BCUT2D eigenvalue weighted by Crippen LogP contribution is 2.27. The van der Waals surface area contributed by atoms with Gasteiger partial charge in [-0.3, -0.25) is 14.9 Å². The molecule has 1 aromatic heterocycles. The molecule has 1 amide bonds. The van der Waals surface area contributed by atoms with Crippen LogP contribution in [0, 0.1) is 10.1 Å². The molecule has 0 N–H and O–H groups in total. The van der Waals surface area contributed by atoms with E-state index in [4.69, 9.17) is 11.6 Å². The van der Waals surface area contributed by atoms with Gasteiger partial charge in [0.1, 0.15) is 17.1 Å². The molecule has 1 aromatic carbocycles. The summed E-state index contributed by atoms with van der Waals surface area (Å²) in [4.78, 5) is 30.9. The zero-order valence-electron chi connectivity index (χ0n) is 15.4. The Bertz CT molecular complexity index is 932. The van der Waals surface area contributed by atoms with E-state index >= 15 is 0 Å². The van der Waals surface area contributed by atoms with Crippen molar-refractivity contribution >= 4 is 29.0 Å². The van der Waals surface area contributed by atoms with Crippen LogP contribution in [-0.4, -0.2) is 59.7 Å². The molecule has 30 heavy (non-hydrogen) atoms. The largest absolute Gasteiger partial charge is 0.484 e. The molecule has 160 valence electrons. The fourth-order valence-electron chi connectivity index (χ4n) is 2.96. The molecule has 0 atom stereocenters. The lowest BCUT2D eigenvalue weighted by Gasteiger charge is -2.35. The molecule has 1 saturated heterocycles. The van der Waals surface area contributed by atoms with Gasteiger partial charge in [-0.2, -0.15) is 13.2 Å². The molecule has 0 unspecified atom stereocenters. The van der Waals surface area contributed by atoms with Crippen LogP contribution < -0.4 is 9.64 Å². The van der Waals surface area contributed by atoms with Crippen molar-refractivity contribution in [1.82, 2.24) is 9.88 Å². The van der Waals surface area contributed by atoms with Crippen LogP contribution in [0.15, 0.2) is 36.5 Å². The summed E-state index contributed by atoms with van der Waals surface area (Å²) in [5.74, 6) is -0.242. The molecular formula is C18H16ClF3N4O4. The Kier molecular flexibility index (Phi) is 6.30. The Morgan fingerprint density at radius 3 is 2.47 bits per heavy atom. The van der Waals surface area contributed by atoms with Crippen LogP contribution >= 0.6 is 11.6 Å². The fraction of sp³-hybridized carbons (Fsp3) is 0.333. The summed E-state index contributed by atoms with van der Waals surface area (Å²) >= 11 is 5.82. The van der Waals surface area contributed by atoms with Gasteiger partial charge >= 0.3 is 6.18 Å². The summed E-state index contributed by atoms with van der Waals surface area (Å²) in [6, 6.07) is 6.40. The number of halogens is 4. The number of amides is 1. The Labute approximate surface area is 174 Å². The minimum Gasteiger partial charge on any atom is -0.484 e. The smallest absolute Gasteiger partial charge is 0.422 e. The molecular weight excluding hydrogens is 429 g/mol. The number of hydrogen-bond acceptors (Lipinski definition) is 6. The van der Waals surface area contributed by atoms with E-state index in [-0.39, 0.29) is 24.4 Å². The molecule has 12 heteroatoms. The first kappa shape index (κ1) is 21.6. The van der Waals surface area contributed by atoms with Crippen LogP contribution in [0.3, 0.4) is 0 Å². The number of nitrogens with zero attached hydrogens (tertiary/aromatic N) is 4. The van der Waals surface area contributed by atoms with Gasteiger partial charge in [0, 0.05) is 38.4 Å². The number of pyridine rings is 1. The molecule has 0 saturated carbocycles. The van der Waals surface area contributed by atoms with Crippen molar-refractivity contribution < 1.29 is 27.6 Å². The third kappa shape index (κ3) is 5.29. The van der Waals surface area contributed by atoms with Crippen LogP contribution in [0.25, 0.3) is 0 Å². The number of aromatic nitrogens is 1. The number of anilines is 1. The van der Waals surface area contributed by atoms with Crippen LogP contribution in [0.2, 0.25) is 5.02 Å². The SMILES string of the molecule is O=C(c1cc(OCC(F)(F)F)ccc1[N+](=O)[O-])N1CCN(c2ccc(Cl)cn2)CC1. The maximum Gasteiger partial charge on any atom is 0.422 e. The Morgan fingerprint density at radius 2 is 1.90 bits per heavy atom. The van der Waals surface area contributed by atoms with E-state index < -0.39 is 29.3 Å². The Balaban J connectivity index is 1.73. The van der Waals surface area contributed by atoms with Crippen molar-refractivity contribution in [3.63, 3.8) is 0 Å². The predicted octanol–water partition coefficient (Wildman–Crippen LogP) is 3.55. The van der Waals surface area contributed by atoms with E-state index in [0.717, 1.165) is 18.2 Å². The lowest BCUT2D eigenvalue weighted by molar-refractivity contribution is -0.385. The quantitative estimate of drug-likeness (QED) is 0.517. The van der Waals surface area contributed by atoms with Crippen molar-refractivity contribution in [1.29, 1.82) is 0 Å². The number of alkyl halides is 3. The predicted molar refractivity (Wildman–Crippen MR) is 102 cm³/mol. The van der Waals surface area contributed by atoms with E-state index in [1.54, 1.807) is 12.1 Å². The molecule has 2 heterocycles. The zero-order chi connectivity index (χ0) is 21.9. The van der Waals surface area contributed by atoms with Gasteiger partial charge in [0.15, 0.2) is 6.61 Å². The van der Waals surface area contributed by atoms with Gasteiger partial charge in [-0.15, -0.1) is 0 Å². The highest BCUT2D eigenvalue weighted by molar-refractivity contribution is 6.30. The average molecular weight is 445 g/mol. The summed E-state index contributed by atoms with van der Waals surface area (Å²) in [5.41, 5.74) is -0.820. The fourth-order valence-corrected chi connectivity index (χ4v) is 3.08. The standard InChI is InChI=1S/C18H16ClF3N4O4/c19-12-1-4-16(23-10-12)24-5-7-25(8-6-24)17(27)14-9-13(30-11-18(20,21)22)2-3-15(14)26(28)29/h1-4,9-10H,5-8,11H2. The van der Waals surface area contributed by atoms with Crippen molar-refractivity contribution in [2.24, 2.45) is 0 Å². The van der Waals surface area contributed by atoms with Crippen LogP contribution in [0.4, 0.5) is 24.7 Å². The van der Waals surface area contributed by atoms with Crippen molar-refractivity contribution in [3.8, 4) is 5.75 Å². The van der Waals surface area contributed by atoms with E-state index in [1.807, 2.05) is 4.90 Å². The highest BCUT2D eigenvalue weighted by atomic mass is 35.5. The van der Waals surface area contributed by atoms with E-state index in [9.17, 15) is 28.1 Å². The maximum absolute atomic E-state index is 12.9. The molecule has 1 aliphatic rings. The summed E-state index contributed by atoms with van der Waals surface area (Å²) in [5, 5.41) is 11.8. The minimum atomic E-state index is -4.57.